The van der Waals surface area contributed by atoms with Crippen LogP contribution in [0.25, 0.3) is 0 Å². The van der Waals surface area contributed by atoms with Gasteiger partial charge in [0.2, 0.25) is 0 Å². The van der Waals surface area contributed by atoms with Crippen LogP contribution in [0, 0.1) is 5.82 Å². The number of morpholine rings is 1. The molecule has 150 valence electrons. The number of nitrogens with one attached hydrogen (secondary N) is 1. The van der Waals surface area contributed by atoms with Gasteiger partial charge in [0.25, 0.3) is 0 Å². The van der Waals surface area contributed by atoms with Gasteiger partial charge in [-0.2, -0.15) is 0 Å². The molecule has 4 rings (SSSR count). The smallest absolute Gasteiger partial charge is 0.129 e. The Balaban J connectivity index is 1.31. The van der Waals surface area contributed by atoms with Gasteiger partial charge < -0.3 is 19.7 Å². The molecule has 0 aliphatic carbocycles. The third kappa shape index (κ3) is 5.27. The normalized spacial score (nSPS) is 13.9. The first-order chi connectivity index (χ1) is 14.3. The highest BCUT2D eigenvalue weighted by Gasteiger charge is 2.10. The predicted octanol–water partition coefficient (Wildman–Crippen LogP) is 4.85. The summed E-state index contributed by atoms with van der Waals surface area (Å²) in [6.07, 6.45) is 0. The molecule has 1 fully saturated rings. The molecule has 1 aliphatic heterocycles. The van der Waals surface area contributed by atoms with Crippen molar-refractivity contribution in [2.24, 2.45) is 0 Å². The van der Waals surface area contributed by atoms with Gasteiger partial charge in [-0.15, -0.1) is 0 Å². The van der Waals surface area contributed by atoms with Gasteiger partial charge in [-0.1, -0.05) is 30.3 Å². The molecule has 0 atom stereocenters. The molecule has 0 amide bonds. The Morgan fingerprint density at radius 3 is 2.52 bits per heavy atom. The van der Waals surface area contributed by atoms with Crippen LogP contribution in [-0.2, 0) is 17.9 Å². The van der Waals surface area contributed by atoms with Crippen LogP contribution in [0.1, 0.15) is 11.1 Å². The van der Waals surface area contributed by atoms with Gasteiger partial charge in [-0.05, 0) is 48.0 Å². The van der Waals surface area contributed by atoms with Gasteiger partial charge >= 0.3 is 0 Å². The Kier molecular flexibility index (Phi) is 6.27. The summed E-state index contributed by atoms with van der Waals surface area (Å²) in [5.74, 6) is 0.487. The number of hydrogen-bond donors (Lipinski definition) is 1. The standard InChI is InChI=1S/C24H25FN2O2/c25-24-7-2-1-5-20(24)18-29-23-6-3-4-19(16-23)17-26-21-8-10-22(11-9-21)27-12-14-28-15-13-27/h1-11,16,26H,12-15,17-18H2. The van der Waals surface area contributed by atoms with Gasteiger partial charge in [0, 0.05) is 36.6 Å². The minimum atomic E-state index is -0.245. The zero-order chi connectivity index (χ0) is 19.9. The molecule has 0 aromatic heterocycles. The lowest BCUT2D eigenvalue weighted by Gasteiger charge is -2.28. The molecule has 29 heavy (non-hydrogen) atoms. The van der Waals surface area contributed by atoms with E-state index in [-0.39, 0.29) is 12.4 Å². The SMILES string of the molecule is Fc1ccccc1COc1cccc(CNc2ccc(N3CCOCC3)cc2)c1. The number of nitrogens with zero attached hydrogens (tertiary/aromatic N) is 1. The maximum atomic E-state index is 13.7. The summed E-state index contributed by atoms with van der Waals surface area (Å²) in [7, 11) is 0. The highest BCUT2D eigenvalue weighted by Crippen LogP contribution is 2.21. The van der Waals surface area contributed by atoms with Crippen LogP contribution in [0.4, 0.5) is 15.8 Å². The van der Waals surface area contributed by atoms with E-state index in [0.717, 1.165) is 43.3 Å². The Morgan fingerprint density at radius 1 is 0.931 bits per heavy atom. The zero-order valence-electron chi connectivity index (χ0n) is 16.3. The van der Waals surface area contributed by atoms with Crippen LogP contribution in [0.15, 0.2) is 72.8 Å². The van der Waals surface area contributed by atoms with E-state index < -0.39 is 0 Å². The molecule has 1 heterocycles. The number of halogens is 1. The van der Waals surface area contributed by atoms with Crippen molar-refractivity contribution in [2.75, 3.05) is 36.5 Å². The highest BCUT2D eigenvalue weighted by atomic mass is 19.1. The lowest BCUT2D eigenvalue weighted by atomic mass is 10.2. The Bertz CT molecular complexity index is 924. The number of anilines is 2. The molecule has 0 radical (unpaired) electrons. The van der Waals surface area contributed by atoms with Gasteiger partial charge in [-0.3, -0.25) is 0 Å². The second-order valence-corrected chi connectivity index (χ2v) is 7.03. The van der Waals surface area contributed by atoms with E-state index in [4.69, 9.17) is 9.47 Å². The largest absolute Gasteiger partial charge is 0.489 e. The molecule has 1 N–H and O–H groups in total. The molecule has 0 bridgehead atoms. The first-order valence-corrected chi connectivity index (χ1v) is 9.90. The molecule has 5 heteroatoms. The molecule has 4 nitrogen and oxygen atoms in total. The first kappa shape index (κ1) is 19.3. The first-order valence-electron chi connectivity index (χ1n) is 9.90. The van der Waals surface area contributed by atoms with Crippen molar-refractivity contribution in [1.29, 1.82) is 0 Å². The fourth-order valence-corrected chi connectivity index (χ4v) is 3.34. The Morgan fingerprint density at radius 2 is 1.72 bits per heavy atom. The number of benzene rings is 3. The summed E-state index contributed by atoms with van der Waals surface area (Å²) in [6, 6.07) is 23.0. The minimum Gasteiger partial charge on any atom is -0.489 e. The van der Waals surface area contributed by atoms with Gasteiger partial charge in [-0.25, -0.2) is 4.39 Å². The van der Waals surface area contributed by atoms with Crippen molar-refractivity contribution in [3.05, 3.63) is 89.7 Å². The van der Waals surface area contributed by atoms with E-state index in [1.54, 1.807) is 12.1 Å². The van der Waals surface area contributed by atoms with Crippen LogP contribution >= 0.6 is 0 Å². The average Bonchev–Trinajstić information content (AvgIpc) is 2.78. The average molecular weight is 392 g/mol. The topological polar surface area (TPSA) is 33.7 Å². The minimum absolute atomic E-state index is 0.215. The van der Waals surface area contributed by atoms with Crippen molar-refractivity contribution in [1.82, 2.24) is 0 Å². The van der Waals surface area contributed by atoms with Gasteiger partial charge in [0.15, 0.2) is 0 Å². The summed E-state index contributed by atoms with van der Waals surface area (Å²) in [5.41, 5.74) is 3.95. The monoisotopic (exact) mass is 392 g/mol. The van der Waals surface area contributed by atoms with E-state index in [1.165, 1.54) is 11.8 Å². The fourth-order valence-electron chi connectivity index (χ4n) is 3.34. The molecular formula is C24H25FN2O2. The third-order valence-electron chi connectivity index (χ3n) is 4.99. The molecule has 0 spiro atoms. The highest BCUT2D eigenvalue weighted by molar-refractivity contribution is 5.55. The van der Waals surface area contributed by atoms with E-state index in [2.05, 4.69) is 34.5 Å². The van der Waals surface area contributed by atoms with Crippen molar-refractivity contribution in [3.63, 3.8) is 0 Å². The molecule has 3 aromatic rings. The van der Waals surface area contributed by atoms with E-state index in [1.807, 2.05) is 30.3 Å². The van der Waals surface area contributed by atoms with Crippen LogP contribution in [0.2, 0.25) is 0 Å². The Labute approximate surface area is 170 Å². The summed E-state index contributed by atoms with van der Waals surface area (Å²) in [5, 5.41) is 3.44. The summed E-state index contributed by atoms with van der Waals surface area (Å²) >= 11 is 0. The zero-order valence-corrected chi connectivity index (χ0v) is 16.3. The van der Waals surface area contributed by atoms with E-state index in [9.17, 15) is 4.39 Å². The van der Waals surface area contributed by atoms with Crippen LogP contribution in [-0.4, -0.2) is 26.3 Å². The van der Waals surface area contributed by atoms with Crippen molar-refractivity contribution in [2.45, 2.75) is 13.2 Å². The van der Waals surface area contributed by atoms with Crippen molar-refractivity contribution >= 4 is 11.4 Å². The lowest BCUT2D eigenvalue weighted by Crippen LogP contribution is -2.36. The molecule has 1 aliphatic rings. The van der Waals surface area contributed by atoms with Crippen molar-refractivity contribution in [3.8, 4) is 5.75 Å². The number of hydrogen-bond acceptors (Lipinski definition) is 4. The maximum Gasteiger partial charge on any atom is 0.129 e. The lowest BCUT2D eigenvalue weighted by molar-refractivity contribution is 0.122. The predicted molar refractivity (Wildman–Crippen MR) is 114 cm³/mol. The second-order valence-electron chi connectivity index (χ2n) is 7.03. The number of ether oxygens (including phenoxy) is 2. The summed E-state index contributed by atoms with van der Waals surface area (Å²) < 4.78 is 24.9. The summed E-state index contributed by atoms with van der Waals surface area (Å²) in [4.78, 5) is 2.34. The second kappa shape index (κ2) is 9.43. The Hall–Kier alpha value is -3.05. The van der Waals surface area contributed by atoms with E-state index >= 15 is 0 Å². The van der Waals surface area contributed by atoms with Crippen LogP contribution in [0.5, 0.6) is 5.75 Å². The van der Waals surface area contributed by atoms with Crippen molar-refractivity contribution < 1.29 is 13.9 Å². The molecule has 0 saturated carbocycles. The van der Waals surface area contributed by atoms with Gasteiger partial charge in [0.1, 0.15) is 18.2 Å². The molecular weight excluding hydrogens is 367 g/mol. The molecule has 3 aromatic carbocycles. The van der Waals surface area contributed by atoms with Gasteiger partial charge in [0.05, 0.1) is 13.2 Å². The number of rotatable bonds is 7. The molecule has 0 unspecified atom stereocenters. The maximum absolute atomic E-state index is 13.7. The quantitative estimate of drug-likeness (QED) is 0.623. The summed E-state index contributed by atoms with van der Waals surface area (Å²) in [6.45, 7) is 4.35. The molecule has 1 saturated heterocycles. The third-order valence-corrected chi connectivity index (χ3v) is 4.99. The van der Waals surface area contributed by atoms with E-state index in [0.29, 0.717) is 12.1 Å². The van der Waals surface area contributed by atoms with Crippen LogP contribution in [0.3, 0.4) is 0 Å². The van der Waals surface area contributed by atoms with Crippen LogP contribution < -0.4 is 15.0 Å². The fraction of sp³-hybridized carbons (Fsp3) is 0.250.